The molecule has 3 rings (SSSR count). The summed E-state index contributed by atoms with van der Waals surface area (Å²) in [6.45, 7) is 2.54. The topological polar surface area (TPSA) is 67.9 Å². The Balaban J connectivity index is 1.58. The van der Waals surface area contributed by atoms with Crippen LogP contribution in [0.3, 0.4) is 0 Å². The van der Waals surface area contributed by atoms with Crippen LogP contribution in [0.25, 0.3) is 0 Å². The van der Waals surface area contributed by atoms with E-state index in [4.69, 9.17) is 21.1 Å². The van der Waals surface area contributed by atoms with Crippen molar-refractivity contribution in [1.29, 1.82) is 0 Å². The molecule has 1 saturated carbocycles. The summed E-state index contributed by atoms with van der Waals surface area (Å²) >= 11 is 6.15. The highest BCUT2D eigenvalue weighted by Crippen LogP contribution is 2.20. The molecule has 0 heterocycles. The summed E-state index contributed by atoms with van der Waals surface area (Å²) in [7, 11) is 1.62. The molecular formula is C27H35ClN2O4. The normalized spacial score (nSPS) is 14.8. The van der Waals surface area contributed by atoms with Crippen LogP contribution in [-0.2, 0) is 16.1 Å². The van der Waals surface area contributed by atoms with Crippen LogP contribution in [0.2, 0.25) is 5.02 Å². The zero-order valence-corrected chi connectivity index (χ0v) is 20.9. The zero-order chi connectivity index (χ0) is 24.3. The molecule has 6 nitrogen and oxygen atoms in total. The minimum Gasteiger partial charge on any atom is -0.497 e. The van der Waals surface area contributed by atoms with E-state index in [-0.39, 0.29) is 24.3 Å². The molecule has 7 heteroatoms. The molecule has 184 valence electrons. The van der Waals surface area contributed by atoms with E-state index in [1.165, 1.54) is 6.42 Å². The molecule has 0 bridgehead atoms. The first-order valence-electron chi connectivity index (χ1n) is 12.1. The van der Waals surface area contributed by atoms with Gasteiger partial charge in [0.2, 0.25) is 11.8 Å². The number of rotatable bonds is 11. The predicted octanol–water partition coefficient (Wildman–Crippen LogP) is 5.37. The molecule has 0 spiro atoms. The maximum atomic E-state index is 13.2. The van der Waals surface area contributed by atoms with E-state index in [0.29, 0.717) is 24.6 Å². The van der Waals surface area contributed by atoms with Gasteiger partial charge in [-0.15, -0.1) is 0 Å². The number of carbonyl (C=O) groups is 2. The molecule has 2 amide bonds. The van der Waals surface area contributed by atoms with Gasteiger partial charge in [0.25, 0.3) is 0 Å². The molecule has 1 aliphatic rings. The number of halogens is 1. The van der Waals surface area contributed by atoms with Crippen LogP contribution in [0.4, 0.5) is 0 Å². The van der Waals surface area contributed by atoms with Crippen molar-refractivity contribution in [3.05, 3.63) is 59.1 Å². The number of hydrogen-bond donors (Lipinski definition) is 1. The summed E-state index contributed by atoms with van der Waals surface area (Å²) < 4.78 is 10.9. The number of carbonyl (C=O) groups excluding carboxylic acids is 2. The fraction of sp³-hybridized carbons (Fsp3) is 0.481. The summed E-state index contributed by atoms with van der Waals surface area (Å²) in [5, 5.41) is 3.76. The van der Waals surface area contributed by atoms with E-state index in [2.05, 4.69) is 5.32 Å². The van der Waals surface area contributed by atoms with Crippen molar-refractivity contribution >= 4 is 23.4 Å². The first-order valence-corrected chi connectivity index (χ1v) is 12.4. The van der Waals surface area contributed by atoms with Gasteiger partial charge in [-0.2, -0.15) is 0 Å². The Hall–Kier alpha value is -2.73. The van der Waals surface area contributed by atoms with Crippen molar-refractivity contribution in [3.8, 4) is 11.5 Å². The Kier molecular flexibility index (Phi) is 10.1. The maximum absolute atomic E-state index is 13.2. The van der Waals surface area contributed by atoms with Gasteiger partial charge in [0, 0.05) is 24.0 Å². The number of nitrogens with zero attached hydrogens (tertiary/aromatic N) is 1. The third-order valence-corrected chi connectivity index (χ3v) is 6.46. The summed E-state index contributed by atoms with van der Waals surface area (Å²) in [6.07, 6.45) is 6.34. The van der Waals surface area contributed by atoms with Crippen LogP contribution in [0, 0.1) is 0 Å². The van der Waals surface area contributed by atoms with Gasteiger partial charge in [-0.1, -0.05) is 43.0 Å². The molecule has 1 fully saturated rings. The SMILES string of the molecule is COc1ccc(OCCCC(=O)N(Cc2cccc(Cl)c2)[C@@H](C)C(=O)NC2CCCCC2)cc1. The lowest BCUT2D eigenvalue weighted by Gasteiger charge is -2.31. The lowest BCUT2D eigenvalue weighted by atomic mass is 9.95. The lowest BCUT2D eigenvalue weighted by molar-refractivity contribution is -0.141. The van der Waals surface area contributed by atoms with Crippen LogP contribution < -0.4 is 14.8 Å². The van der Waals surface area contributed by atoms with E-state index >= 15 is 0 Å². The van der Waals surface area contributed by atoms with Crippen molar-refractivity contribution in [1.82, 2.24) is 10.2 Å². The van der Waals surface area contributed by atoms with Gasteiger partial charge in [0.15, 0.2) is 0 Å². The van der Waals surface area contributed by atoms with Crippen molar-refractivity contribution in [2.24, 2.45) is 0 Å². The quantitative estimate of drug-likeness (QED) is 0.433. The molecule has 0 aromatic heterocycles. The monoisotopic (exact) mass is 486 g/mol. The van der Waals surface area contributed by atoms with Gasteiger partial charge in [0.05, 0.1) is 13.7 Å². The van der Waals surface area contributed by atoms with E-state index in [9.17, 15) is 9.59 Å². The fourth-order valence-corrected chi connectivity index (χ4v) is 4.43. The highest BCUT2D eigenvalue weighted by Gasteiger charge is 2.27. The van der Waals surface area contributed by atoms with Crippen LogP contribution in [0.5, 0.6) is 11.5 Å². The Morgan fingerprint density at radius 3 is 2.47 bits per heavy atom. The van der Waals surface area contributed by atoms with Crippen molar-refractivity contribution in [2.75, 3.05) is 13.7 Å². The summed E-state index contributed by atoms with van der Waals surface area (Å²) in [5.41, 5.74) is 0.896. The minimum atomic E-state index is -0.573. The van der Waals surface area contributed by atoms with E-state index in [0.717, 1.165) is 42.7 Å². The highest BCUT2D eigenvalue weighted by atomic mass is 35.5. The first kappa shape index (κ1) is 25.9. The number of ether oxygens (including phenoxy) is 2. The highest BCUT2D eigenvalue weighted by molar-refractivity contribution is 6.30. The summed E-state index contributed by atoms with van der Waals surface area (Å²) in [4.78, 5) is 27.9. The van der Waals surface area contributed by atoms with Crippen molar-refractivity contribution in [2.45, 2.75) is 70.5 Å². The van der Waals surface area contributed by atoms with E-state index in [1.807, 2.05) is 42.5 Å². The van der Waals surface area contributed by atoms with Crippen LogP contribution in [0.1, 0.15) is 57.4 Å². The van der Waals surface area contributed by atoms with Crippen molar-refractivity contribution < 1.29 is 19.1 Å². The molecule has 2 aromatic carbocycles. The van der Waals surface area contributed by atoms with Gasteiger partial charge in [-0.05, 0) is 68.1 Å². The lowest BCUT2D eigenvalue weighted by Crippen LogP contribution is -2.50. The Morgan fingerprint density at radius 1 is 1.09 bits per heavy atom. The average molecular weight is 487 g/mol. The Bertz CT molecular complexity index is 928. The molecule has 34 heavy (non-hydrogen) atoms. The van der Waals surface area contributed by atoms with Gasteiger partial charge >= 0.3 is 0 Å². The average Bonchev–Trinajstić information content (AvgIpc) is 2.85. The van der Waals surface area contributed by atoms with Crippen LogP contribution in [0.15, 0.2) is 48.5 Å². The maximum Gasteiger partial charge on any atom is 0.242 e. The van der Waals surface area contributed by atoms with Crippen LogP contribution in [-0.4, -0.2) is 42.5 Å². The standard InChI is InChI=1S/C27H35ClN2O4/c1-20(27(32)29-23-10-4-3-5-11-23)30(19-21-8-6-9-22(28)18-21)26(31)12-7-17-34-25-15-13-24(33-2)14-16-25/h6,8-9,13-16,18,20,23H,3-5,7,10-12,17,19H2,1-2H3,(H,29,32)/t20-/m0/s1. The zero-order valence-electron chi connectivity index (χ0n) is 20.1. The molecule has 0 unspecified atom stereocenters. The second kappa shape index (κ2) is 13.2. The Labute approximate surface area is 207 Å². The summed E-state index contributed by atoms with van der Waals surface area (Å²) in [6, 6.07) is 14.4. The Morgan fingerprint density at radius 2 is 1.79 bits per heavy atom. The van der Waals surface area contributed by atoms with Gasteiger partial charge in [-0.3, -0.25) is 9.59 Å². The minimum absolute atomic E-state index is 0.0791. The predicted molar refractivity (Wildman–Crippen MR) is 134 cm³/mol. The summed E-state index contributed by atoms with van der Waals surface area (Å²) in [5.74, 6) is 1.31. The third kappa shape index (κ3) is 7.94. The molecule has 2 aromatic rings. The van der Waals surface area contributed by atoms with E-state index < -0.39 is 6.04 Å². The number of hydrogen-bond acceptors (Lipinski definition) is 4. The van der Waals surface area contributed by atoms with Gasteiger partial charge in [0.1, 0.15) is 17.5 Å². The van der Waals surface area contributed by atoms with Crippen LogP contribution >= 0.6 is 11.6 Å². The molecule has 1 atom stereocenters. The molecule has 1 N–H and O–H groups in total. The second-order valence-corrected chi connectivity index (χ2v) is 9.24. The molecule has 1 aliphatic carbocycles. The largest absolute Gasteiger partial charge is 0.497 e. The van der Waals surface area contributed by atoms with E-state index in [1.54, 1.807) is 25.0 Å². The molecular weight excluding hydrogens is 452 g/mol. The molecule has 0 saturated heterocycles. The number of benzene rings is 2. The number of amides is 2. The van der Waals surface area contributed by atoms with Gasteiger partial charge < -0.3 is 19.7 Å². The molecule has 0 aliphatic heterocycles. The third-order valence-electron chi connectivity index (χ3n) is 6.22. The van der Waals surface area contributed by atoms with Gasteiger partial charge in [-0.25, -0.2) is 0 Å². The first-order chi connectivity index (χ1) is 16.5. The number of nitrogens with one attached hydrogen (secondary N) is 1. The second-order valence-electron chi connectivity index (χ2n) is 8.80. The fourth-order valence-electron chi connectivity index (χ4n) is 4.21. The number of methoxy groups -OCH3 is 1. The van der Waals surface area contributed by atoms with Crippen molar-refractivity contribution in [3.63, 3.8) is 0 Å². The smallest absolute Gasteiger partial charge is 0.242 e. The molecule has 0 radical (unpaired) electrons.